The monoisotopic (exact) mass is 344 g/mol. The van der Waals surface area contributed by atoms with E-state index in [4.69, 9.17) is 10.00 Å². The number of amides is 1. The predicted molar refractivity (Wildman–Crippen MR) is 82.6 cm³/mol. The summed E-state index contributed by atoms with van der Waals surface area (Å²) >= 11 is 3.36. The Hall–Kier alpha value is -2.32. The molecule has 0 aliphatic heterocycles. The number of ether oxygens (including phenoxy) is 1. The highest BCUT2D eigenvalue weighted by molar-refractivity contribution is 9.10. The maximum Gasteiger partial charge on any atom is 0.258 e. The summed E-state index contributed by atoms with van der Waals surface area (Å²) in [5.41, 5.74) is 1.42. The van der Waals surface area contributed by atoms with Crippen LogP contribution in [0, 0.1) is 11.3 Å². The van der Waals surface area contributed by atoms with Gasteiger partial charge >= 0.3 is 0 Å². The van der Waals surface area contributed by atoms with Crippen LogP contribution in [-0.4, -0.2) is 12.5 Å². The number of hydrogen-bond acceptors (Lipinski definition) is 3. The normalized spacial score (nSPS) is 9.71. The molecule has 5 heteroatoms. The number of rotatable bonds is 5. The summed E-state index contributed by atoms with van der Waals surface area (Å²) in [6.45, 7) is 0.324. The first-order chi connectivity index (χ1) is 10.2. The fraction of sp³-hybridized carbons (Fsp3) is 0.125. The number of nitriles is 1. The smallest absolute Gasteiger partial charge is 0.258 e. The van der Waals surface area contributed by atoms with Gasteiger partial charge in [-0.1, -0.05) is 40.2 Å². The number of halogens is 1. The molecule has 2 rings (SSSR count). The molecule has 0 saturated carbocycles. The van der Waals surface area contributed by atoms with Gasteiger partial charge in [0.15, 0.2) is 6.61 Å². The molecular formula is C16H13BrN2O2. The fourth-order valence-electron chi connectivity index (χ4n) is 1.68. The van der Waals surface area contributed by atoms with Gasteiger partial charge in [0.25, 0.3) is 5.91 Å². The number of hydrogen-bond donors (Lipinski definition) is 1. The highest BCUT2D eigenvalue weighted by Crippen LogP contribution is 2.16. The molecule has 21 heavy (non-hydrogen) atoms. The summed E-state index contributed by atoms with van der Waals surface area (Å²) < 4.78 is 6.35. The minimum atomic E-state index is -0.231. The van der Waals surface area contributed by atoms with Gasteiger partial charge in [-0.25, -0.2) is 0 Å². The van der Waals surface area contributed by atoms with Crippen LogP contribution in [0.3, 0.4) is 0 Å². The molecule has 106 valence electrons. The molecule has 0 unspecified atom stereocenters. The number of nitrogens with one attached hydrogen (secondary N) is 1. The Bertz CT molecular complexity index is 663. The first-order valence-corrected chi connectivity index (χ1v) is 7.11. The Morgan fingerprint density at radius 2 is 1.90 bits per heavy atom. The molecule has 1 amide bonds. The Labute approximate surface area is 131 Å². The number of nitrogens with zero attached hydrogens (tertiary/aromatic N) is 1. The molecule has 1 N–H and O–H groups in total. The molecule has 0 bridgehead atoms. The highest BCUT2D eigenvalue weighted by atomic mass is 79.9. The van der Waals surface area contributed by atoms with Crippen molar-refractivity contribution < 1.29 is 9.53 Å². The van der Waals surface area contributed by atoms with E-state index in [1.54, 1.807) is 24.3 Å². The van der Waals surface area contributed by atoms with E-state index in [9.17, 15) is 4.79 Å². The van der Waals surface area contributed by atoms with E-state index >= 15 is 0 Å². The van der Waals surface area contributed by atoms with Gasteiger partial charge in [-0.05, 0) is 29.8 Å². The van der Waals surface area contributed by atoms with Crippen LogP contribution in [0.2, 0.25) is 0 Å². The van der Waals surface area contributed by atoms with Gasteiger partial charge in [0, 0.05) is 11.0 Å². The van der Waals surface area contributed by atoms with Crippen molar-refractivity contribution in [1.29, 1.82) is 5.26 Å². The van der Waals surface area contributed by atoms with E-state index in [0.29, 0.717) is 17.9 Å². The Morgan fingerprint density at radius 1 is 1.19 bits per heavy atom. The third-order valence-electron chi connectivity index (χ3n) is 2.77. The van der Waals surface area contributed by atoms with Crippen molar-refractivity contribution in [1.82, 2.24) is 5.32 Å². The highest BCUT2D eigenvalue weighted by Gasteiger charge is 2.06. The molecule has 0 aromatic heterocycles. The molecule has 2 aromatic carbocycles. The van der Waals surface area contributed by atoms with Crippen molar-refractivity contribution in [3.8, 4) is 11.8 Å². The predicted octanol–water partition coefficient (Wildman–Crippen LogP) is 3.02. The van der Waals surface area contributed by atoms with Crippen molar-refractivity contribution in [2.24, 2.45) is 0 Å². The minimum Gasteiger partial charge on any atom is -0.482 e. The first kappa shape index (κ1) is 15.1. The first-order valence-electron chi connectivity index (χ1n) is 6.32. The zero-order chi connectivity index (χ0) is 15.1. The summed E-state index contributed by atoms with van der Waals surface area (Å²) in [6.07, 6.45) is 0. The third-order valence-corrected chi connectivity index (χ3v) is 3.30. The molecule has 0 saturated heterocycles. The third kappa shape index (κ3) is 4.62. The van der Waals surface area contributed by atoms with E-state index in [-0.39, 0.29) is 12.5 Å². The summed E-state index contributed by atoms with van der Waals surface area (Å²) in [6, 6.07) is 16.5. The molecule has 4 nitrogen and oxygen atoms in total. The average Bonchev–Trinajstić information content (AvgIpc) is 2.52. The quantitative estimate of drug-likeness (QED) is 0.906. The fourth-order valence-corrected chi connectivity index (χ4v) is 1.95. The van der Waals surface area contributed by atoms with Crippen LogP contribution in [-0.2, 0) is 11.3 Å². The zero-order valence-corrected chi connectivity index (χ0v) is 12.8. The minimum absolute atomic E-state index is 0.116. The lowest BCUT2D eigenvalue weighted by atomic mass is 10.2. The molecule has 0 spiro atoms. The van der Waals surface area contributed by atoms with Crippen molar-refractivity contribution in [2.45, 2.75) is 6.54 Å². The van der Waals surface area contributed by atoms with Crippen molar-refractivity contribution >= 4 is 21.8 Å². The zero-order valence-electron chi connectivity index (χ0n) is 11.2. The molecule has 0 radical (unpaired) electrons. The van der Waals surface area contributed by atoms with Crippen LogP contribution in [0.5, 0.6) is 5.75 Å². The Balaban J connectivity index is 1.82. The SMILES string of the molecule is N#Cc1ccccc1OCC(=O)NCc1ccc(Br)cc1. The molecule has 0 aliphatic rings. The summed E-state index contributed by atoms with van der Waals surface area (Å²) in [5, 5.41) is 11.7. The number of carbonyl (C=O) groups excluding carboxylic acids is 1. The van der Waals surface area contributed by atoms with E-state index in [1.807, 2.05) is 30.3 Å². The molecule has 0 aliphatic carbocycles. The summed E-state index contributed by atoms with van der Waals surface area (Å²) in [7, 11) is 0. The van der Waals surface area contributed by atoms with Gasteiger partial charge in [0.1, 0.15) is 11.8 Å². The lowest BCUT2D eigenvalue weighted by molar-refractivity contribution is -0.123. The van der Waals surface area contributed by atoms with Gasteiger partial charge in [-0.3, -0.25) is 4.79 Å². The van der Waals surface area contributed by atoms with Crippen LogP contribution in [0.25, 0.3) is 0 Å². The van der Waals surface area contributed by atoms with E-state index < -0.39 is 0 Å². The molecule has 2 aromatic rings. The van der Waals surface area contributed by atoms with Crippen molar-refractivity contribution in [3.05, 3.63) is 64.1 Å². The van der Waals surface area contributed by atoms with Gasteiger partial charge < -0.3 is 10.1 Å². The molecule has 0 heterocycles. The largest absolute Gasteiger partial charge is 0.482 e. The van der Waals surface area contributed by atoms with Crippen LogP contribution in [0.15, 0.2) is 53.0 Å². The van der Waals surface area contributed by atoms with Crippen LogP contribution >= 0.6 is 15.9 Å². The maximum absolute atomic E-state index is 11.7. The van der Waals surface area contributed by atoms with Crippen molar-refractivity contribution in [3.63, 3.8) is 0 Å². The topological polar surface area (TPSA) is 62.1 Å². The average molecular weight is 345 g/mol. The van der Waals surface area contributed by atoms with Gasteiger partial charge in [0.05, 0.1) is 5.56 Å². The second-order valence-corrected chi connectivity index (χ2v) is 5.22. The second kappa shape index (κ2) is 7.46. The summed E-state index contributed by atoms with van der Waals surface area (Å²) in [4.78, 5) is 11.7. The maximum atomic E-state index is 11.7. The van der Waals surface area contributed by atoms with E-state index in [0.717, 1.165) is 10.0 Å². The van der Waals surface area contributed by atoms with E-state index in [1.165, 1.54) is 0 Å². The molecule has 0 fully saturated rings. The lowest BCUT2D eigenvalue weighted by Crippen LogP contribution is -2.28. The van der Waals surface area contributed by atoms with E-state index in [2.05, 4.69) is 21.2 Å². The van der Waals surface area contributed by atoms with Crippen LogP contribution in [0.4, 0.5) is 0 Å². The van der Waals surface area contributed by atoms with Crippen LogP contribution < -0.4 is 10.1 Å². The second-order valence-electron chi connectivity index (χ2n) is 4.30. The van der Waals surface area contributed by atoms with Gasteiger partial charge in [-0.15, -0.1) is 0 Å². The van der Waals surface area contributed by atoms with Crippen molar-refractivity contribution in [2.75, 3.05) is 6.61 Å². The number of benzene rings is 2. The number of para-hydroxylation sites is 1. The van der Waals surface area contributed by atoms with Gasteiger partial charge in [0.2, 0.25) is 0 Å². The van der Waals surface area contributed by atoms with Gasteiger partial charge in [-0.2, -0.15) is 5.26 Å². The lowest BCUT2D eigenvalue weighted by Gasteiger charge is -2.08. The summed E-state index contributed by atoms with van der Waals surface area (Å²) in [5.74, 6) is 0.185. The standard InChI is InChI=1S/C16H13BrN2O2/c17-14-7-5-12(6-8-14)10-19-16(20)11-21-15-4-2-1-3-13(15)9-18/h1-8H,10-11H2,(H,19,20). The molecule has 0 atom stereocenters. The Morgan fingerprint density at radius 3 is 2.62 bits per heavy atom. The number of carbonyl (C=O) groups is 1. The molecular weight excluding hydrogens is 332 g/mol. The Kier molecular flexibility index (Phi) is 5.35. The van der Waals surface area contributed by atoms with Crippen LogP contribution in [0.1, 0.15) is 11.1 Å².